The number of benzene rings is 1. The molecule has 2 N–H and O–H groups in total. The zero-order chi connectivity index (χ0) is 15.1. The third-order valence-electron chi connectivity index (χ3n) is 3.37. The molecule has 0 saturated carbocycles. The second-order valence-corrected chi connectivity index (χ2v) is 6.22. The van der Waals surface area contributed by atoms with Crippen LogP contribution in [-0.2, 0) is 0 Å². The zero-order valence-corrected chi connectivity index (χ0v) is 13.4. The number of nitrogens with one attached hydrogen (secondary N) is 1. The largest absolute Gasteiger partial charge is 0.493 e. The molecule has 0 spiro atoms. The third kappa shape index (κ3) is 5.93. The quantitative estimate of drug-likeness (QED) is 0.766. The lowest BCUT2D eigenvalue weighted by Gasteiger charge is -2.20. The number of rotatable bonds is 8. The Kier molecular flexibility index (Phi) is 7.03. The minimum absolute atomic E-state index is 0.225. The highest BCUT2D eigenvalue weighted by atomic mass is 16.5. The average molecular weight is 279 g/mol. The molecule has 1 aromatic carbocycles. The maximum Gasteiger partial charge on any atom is 0.119 e. The molecular weight excluding hydrogens is 250 g/mol. The Morgan fingerprint density at radius 1 is 1.05 bits per heavy atom. The smallest absolute Gasteiger partial charge is 0.119 e. The Bertz CT molecular complexity index is 373. The van der Waals surface area contributed by atoms with Crippen molar-refractivity contribution >= 4 is 0 Å². The molecule has 0 aliphatic carbocycles. The van der Waals surface area contributed by atoms with Crippen LogP contribution < -0.4 is 10.1 Å². The first-order chi connectivity index (χ1) is 9.40. The van der Waals surface area contributed by atoms with E-state index in [1.165, 1.54) is 5.56 Å². The van der Waals surface area contributed by atoms with Crippen molar-refractivity contribution in [1.82, 2.24) is 5.32 Å². The van der Waals surface area contributed by atoms with Gasteiger partial charge in [-0.05, 0) is 36.5 Å². The van der Waals surface area contributed by atoms with Gasteiger partial charge in [-0.3, -0.25) is 0 Å². The predicted molar refractivity (Wildman–Crippen MR) is 84.0 cm³/mol. The standard InChI is InChI=1S/C17H29NO2/c1-12(2)11-20-16-8-6-15(7-9-16)14(5)18-10-17(19)13(3)4/h6-9,12-14,17-19H,10-11H2,1-5H3. The monoisotopic (exact) mass is 279 g/mol. The summed E-state index contributed by atoms with van der Waals surface area (Å²) in [5, 5.41) is 13.2. The van der Waals surface area contributed by atoms with Gasteiger partial charge >= 0.3 is 0 Å². The minimum atomic E-state index is -0.300. The summed E-state index contributed by atoms with van der Waals surface area (Å²) in [5.74, 6) is 1.73. The van der Waals surface area contributed by atoms with Crippen LogP contribution in [0.15, 0.2) is 24.3 Å². The summed E-state index contributed by atoms with van der Waals surface area (Å²) in [5.41, 5.74) is 1.21. The lowest BCUT2D eigenvalue weighted by molar-refractivity contribution is 0.120. The van der Waals surface area contributed by atoms with Crippen molar-refractivity contribution in [3.05, 3.63) is 29.8 Å². The van der Waals surface area contributed by atoms with Crippen LogP contribution in [0.5, 0.6) is 5.75 Å². The Labute approximate surface area is 123 Å². The van der Waals surface area contributed by atoms with Crippen LogP contribution in [0, 0.1) is 11.8 Å². The molecule has 1 aromatic rings. The van der Waals surface area contributed by atoms with Gasteiger partial charge in [0.1, 0.15) is 5.75 Å². The van der Waals surface area contributed by atoms with Gasteiger partial charge in [-0.1, -0.05) is 39.8 Å². The number of ether oxygens (including phenoxy) is 1. The molecule has 0 amide bonds. The summed E-state index contributed by atoms with van der Waals surface area (Å²) in [6, 6.07) is 8.40. The van der Waals surface area contributed by atoms with Crippen molar-refractivity contribution in [3.8, 4) is 5.75 Å². The first-order valence-electron chi connectivity index (χ1n) is 7.54. The molecule has 0 saturated heterocycles. The van der Waals surface area contributed by atoms with Crippen molar-refractivity contribution < 1.29 is 9.84 Å². The average Bonchev–Trinajstić information content (AvgIpc) is 2.42. The van der Waals surface area contributed by atoms with E-state index in [9.17, 15) is 5.11 Å². The van der Waals surface area contributed by atoms with E-state index in [-0.39, 0.29) is 18.1 Å². The Morgan fingerprint density at radius 3 is 2.15 bits per heavy atom. The van der Waals surface area contributed by atoms with Crippen LogP contribution in [0.1, 0.15) is 46.2 Å². The molecule has 20 heavy (non-hydrogen) atoms. The fraction of sp³-hybridized carbons (Fsp3) is 0.647. The molecule has 3 nitrogen and oxygen atoms in total. The zero-order valence-electron chi connectivity index (χ0n) is 13.4. The second-order valence-electron chi connectivity index (χ2n) is 6.22. The number of hydrogen-bond acceptors (Lipinski definition) is 3. The summed E-state index contributed by atoms with van der Waals surface area (Å²) in [6.45, 7) is 11.8. The van der Waals surface area contributed by atoms with Crippen molar-refractivity contribution in [3.63, 3.8) is 0 Å². The van der Waals surface area contributed by atoms with E-state index in [1.807, 2.05) is 26.0 Å². The van der Waals surface area contributed by atoms with Gasteiger partial charge < -0.3 is 15.2 Å². The minimum Gasteiger partial charge on any atom is -0.493 e. The van der Waals surface area contributed by atoms with Gasteiger partial charge in [0.05, 0.1) is 12.7 Å². The molecule has 0 aliphatic rings. The topological polar surface area (TPSA) is 41.5 Å². The SMILES string of the molecule is CC(C)COc1ccc(C(C)NCC(O)C(C)C)cc1. The Balaban J connectivity index is 2.46. The van der Waals surface area contributed by atoms with E-state index in [1.54, 1.807) is 0 Å². The van der Waals surface area contributed by atoms with Crippen molar-refractivity contribution in [2.75, 3.05) is 13.2 Å². The molecule has 0 aromatic heterocycles. The molecule has 114 valence electrons. The van der Waals surface area contributed by atoms with E-state index in [4.69, 9.17) is 4.74 Å². The van der Waals surface area contributed by atoms with E-state index in [0.29, 0.717) is 12.5 Å². The molecule has 0 radical (unpaired) electrons. The van der Waals surface area contributed by atoms with Crippen LogP contribution in [0.3, 0.4) is 0 Å². The second kappa shape index (κ2) is 8.28. The van der Waals surface area contributed by atoms with Crippen LogP contribution in [0.2, 0.25) is 0 Å². The molecular formula is C17H29NO2. The fourth-order valence-electron chi connectivity index (χ4n) is 1.77. The van der Waals surface area contributed by atoms with E-state index >= 15 is 0 Å². The third-order valence-corrected chi connectivity index (χ3v) is 3.37. The van der Waals surface area contributed by atoms with Gasteiger partial charge in [-0.15, -0.1) is 0 Å². The first-order valence-corrected chi connectivity index (χ1v) is 7.54. The molecule has 0 bridgehead atoms. The highest BCUT2D eigenvalue weighted by molar-refractivity contribution is 5.28. The van der Waals surface area contributed by atoms with E-state index in [2.05, 4.69) is 38.2 Å². The molecule has 0 heterocycles. The van der Waals surface area contributed by atoms with Gasteiger partial charge in [-0.25, -0.2) is 0 Å². The summed E-state index contributed by atoms with van der Waals surface area (Å²) >= 11 is 0. The highest BCUT2D eigenvalue weighted by Gasteiger charge is 2.11. The van der Waals surface area contributed by atoms with Gasteiger partial charge in [0.2, 0.25) is 0 Å². The fourth-order valence-corrected chi connectivity index (χ4v) is 1.77. The van der Waals surface area contributed by atoms with Crippen LogP contribution in [0.25, 0.3) is 0 Å². The van der Waals surface area contributed by atoms with Crippen LogP contribution in [0.4, 0.5) is 0 Å². The molecule has 0 fully saturated rings. The van der Waals surface area contributed by atoms with Gasteiger partial charge in [-0.2, -0.15) is 0 Å². The Morgan fingerprint density at radius 2 is 1.65 bits per heavy atom. The summed E-state index contributed by atoms with van der Waals surface area (Å²) in [7, 11) is 0. The Hall–Kier alpha value is -1.06. The lowest BCUT2D eigenvalue weighted by Crippen LogP contribution is -2.32. The van der Waals surface area contributed by atoms with Crippen molar-refractivity contribution in [2.45, 2.75) is 46.8 Å². The van der Waals surface area contributed by atoms with Crippen molar-refractivity contribution in [1.29, 1.82) is 0 Å². The number of aliphatic hydroxyl groups is 1. The molecule has 2 atom stereocenters. The van der Waals surface area contributed by atoms with E-state index < -0.39 is 0 Å². The van der Waals surface area contributed by atoms with Crippen molar-refractivity contribution in [2.24, 2.45) is 11.8 Å². The number of aliphatic hydroxyl groups excluding tert-OH is 1. The summed E-state index contributed by atoms with van der Waals surface area (Å²) in [4.78, 5) is 0. The van der Waals surface area contributed by atoms with Crippen LogP contribution >= 0.6 is 0 Å². The van der Waals surface area contributed by atoms with Gasteiger partial charge in [0.25, 0.3) is 0 Å². The molecule has 1 rings (SSSR count). The summed E-state index contributed by atoms with van der Waals surface area (Å²) in [6.07, 6.45) is -0.300. The van der Waals surface area contributed by atoms with Crippen LogP contribution in [-0.4, -0.2) is 24.4 Å². The summed E-state index contributed by atoms with van der Waals surface area (Å²) < 4.78 is 5.67. The number of hydrogen-bond donors (Lipinski definition) is 2. The first kappa shape index (κ1) is 17.0. The molecule has 0 aliphatic heterocycles. The van der Waals surface area contributed by atoms with E-state index in [0.717, 1.165) is 12.4 Å². The van der Waals surface area contributed by atoms with Gasteiger partial charge in [0.15, 0.2) is 0 Å². The highest BCUT2D eigenvalue weighted by Crippen LogP contribution is 2.18. The van der Waals surface area contributed by atoms with Gasteiger partial charge in [0, 0.05) is 12.6 Å². The predicted octanol–water partition coefficient (Wildman–Crippen LogP) is 3.39. The normalized spacial score (nSPS) is 14.6. The maximum atomic E-state index is 9.81. The lowest BCUT2D eigenvalue weighted by atomic mass is 10.1. The molecule has 3 heteroatoms. The maximum absolute atomic E-state index is 9.81. The molecule has 2 unspecified atom stereocenters.